The van der Waals surface area contributed by atoms with Gasteiger partial charge in [0.2, 0.25) is 0 Å². The van der Waals surface area contributed by atoms with Crippen molar-refractivity contribution in [2.45, 2.75) is 6.18 Å². The number of hydrogen-bond donors (Lipinski definition) is 0. The fourth-order valence-electron chi connectivity index (χ4n) is 1.50. The van der Waals surface area contributed by atoms with Crippen LogP contribution in [0.3, 0.4) is 0 Å². The van der Waals surface area contributed by atoms with Crippen LogP contribution in [0.1, 0.15) is 15.9 Å². The van der Waals surface area contributed by atoms with Crippen LogP contribution in [-0.4, -0.2) is 17.5 Å². The van der Waals surface area contributed by atoms with E-state index >= 15 is 0 Å². The maximum Gasteiger partial charge on any atom is 0.417 e. The van der Waals surface area contributed by atoms with Gasteiger partial charge in [0.25, 0.3) is 0 Å². The summed E-state index contributed by atoms with van der Waals surface area (Å²) in [6, 6.07) is 3.86. The molecule has 0 aromatic carbocycles. The lowest BCUT2D eigenvalue weighted by molar-refractivity contribution is -0.137. The van der Waals surface area contributed by atoms with E-state index in [0.29, 0.717) is 5.52 Å². The molecule has 0 aliphatic carbocycles. The van der Waals surface area contributed by atoms with Gasteiger partial charge in [0.15, 0.2) is 0 Å². The van der Waals surface area contributed by atoms with Crippen molar-refractivity contribution < 1.29 is 22.7 Å². The molecule has 6 heteroatoms. The third-order valence-electron chi connectivity index (χ3n) is 2.34. The molecule has 17 heavy (non-hydrogen) atoms. The Kier molecular flexibility index (Phi) is 2.57. The molecule has 2 aromatic heterocycles. The van der Waals surface area contributed by atoms with Crippen molar-refractivity contribution in [3.63, 3.8) is 0 Å². The first kappa shape index (κ1) is 11.5. The van der Waals surface area contributed by atoms with Crippen molar-refractivity contribution in [2.24, 2.45) is 0 Å². The average molecular weight is 243 g/mol. The Balaban J connectivity index is 2.52. The standard InChI is InChI=1S/C11H8F3NO2/c1-17-10(16)7-2-3-9-4-8(11(12,13)14)6-15(9)5-7/h2-6H,1H3. The zero-order valence-corrected chi connectivity index (χ0v) is 8.78. The smallest absolute Gasteiger partial charge is 0.417 e. The number of methoxy groups -OCH3 is 1. The predicted octanol–water partition coefficient (Wildman–Crippen LogP) is 2.74. The van der Waals surface area contributed by atoms with E-state index in [-0.39, 0.29) is 5.56 Å². The number of fused-ring (bicyclic) bond motifs is 1. The lowest BCUT2D eigenvalue weighted by Gasteiger charge is -2.01. The Morgan fingerprint density at radius 3 is 2.59 bits per heavy atom. The SMILES string of the molecule is COC(=O)c1ccc2cc(C(F)(F)F)cn2c1. The molecule has 0 bridgehead atoms. The van der Waals surface area contributed by atoms with Crippen LogP contribution in [0, 0.1) is 0 Å². The molecular weight excluding hydrogens is 235 g/mol. The lowest BCUT2D eigenvalue weighted by atomic mass is 10.2. The number of ether oxygens (including phenoxy) is 1. The van der Waals surface area contributed by atoms with E-state index in [1.807, 2.05) is 0 Å². The molecule has 0 aliphatic rings. The molecule has 0 aliphatic heterocycles. The highest BCUT2D eigenvalue weighted by Crippen LogP contribution is 2.30. The summed E-state index contributed by atoms with van der Waals surface area (Å²) >= 11 is 0. The topological polar surface area (TPSA) is 30.7 Å². The van der Waals surface area contributed by atoms with Crippen LogP contribution in [0.5, 0.6) is 0 Å². The van der Waals surface area contributed by atoms with E-state index in [0.717, 1.165) is 12.3 Å². The van der Waals surface area contributed by atoms with Crippen molar-refractivity contribution in [1.82, 2.24) is 4.40 Å². The van der Waals surface area contributed by atoms with Crippen molar-refractivity contribution in [3.05, 3.63) is 41.7 Å². The first-order chi connectivity index (χ1) is 7.91. The third-order valence-corrected chi connectivity index (χ3v) is 2.34. The highest BCUT2D eigenvalue weighted by molar-refractivity contribution is 5.89. The summed E-state index contributed by atoms with van der Waals surface area (Å²) in [7, 11) is 1.21. The van der Waals surface area contributed by atoms with Crippen LogP contribution in [0.15, 0.2) is 30.6 Å². The summed E-state index contributed by atoms with van der Waals surface area (Å²) < 4.78 is 43.1. The molecular formula is C11H8F3NO2. The Bertz CT molecular complexity index is 572. The predicted molar refractivity (Wildman–Crippen MR) is 53.7 cm³/mol. The van der Waals surface area contributed by atoms with E-state index in [1.54, 1.807) is 0 Å². The summed E-state index contributed by atoms with van der Waals surface area (Å²) in [4.78, 5) is 11.2. The fraction of sp³-hybridized carbons (Fsp3) is 0.182. The first-order valence-corrected chi connectivity index (χ1v) is 4.69. The van der Waals surface area contributed by atoms with Gasteiger partial charge in [-0.2, -0.15) is 13.2 Å². The van der Waals surface area contributed by atoms with Gasteiger partial charge in [-0.15, -0.1) is 0 Å². The van der Waals surface area contributed by atoms with Crippen molar-refractivity contribution in [2.75, 3.05) is 7.11 Å². The fourth-order valence-corrected chi connectivity index (χ4v) is 1.50. The molecule has 0 atom stereocenters. The largest absolute Gasteiger partial charge is 0.465 e. The quantitative estimate of drug-likeness (QED) is 0.721. The maximum atomic E-state index is 12.4. The maximum absolute atomic E-state index is 12.4. The second-order valence-electron chi connectivity index (χ2n) is 3.47. The molecule has 0 fully saturated rings. The van der Waals surface area contributed by atoms with Gasteiger partial charge in [0.05, 0.1) is 18.2 Å². The van der Waals surface area contributed by atoms with Gasteiger partial charge in [-0.25, -0.2) is 4.79 Å². The van der Waals surface area contributed by atoms with Crippen molar-refractivity contribution >= 4 is 11.5 Å². The zero-order valence-electron chi connectivity index (χ0n) is 8.78. The Morgan fingerprint density at radius 1 is 1.29 bits per heavy atom. The molecule has 2 rings (SSSR count). The van der Waals surface area contributed by atoms with Crippen LogP contribution in [0.2, 0.25) is 0 Å². The van der Waals surface area contributed by atoms with E-state index in [9.17, 15) is 18.0 Å². The number of esters is 1. The minimum absolute atomic E-state index is 0.198. The molecule has 0 spiro atoms. The summed E-state index contributed by atoms with van der Waals surface area (Å²) in [5, 5.41) is 0. The molecule has 2 aromatic rings. The van der Waals surface area contributed by atoms with E-state index in [1.165, 1.54) is 29.8 Å². The van der Waals surface area contributed by atoms with E-state index < -0.39 is 17.7 Å². The molecule has 0 radical (unpaired) electrons. The lowest BCUT2D eigenvalue weighted by Crippen LogP contribution is -2.03. The van der Waals surface area contributed by atoms with Crippen LogP contribution < -0.4 is 0 Å². The molecule has 0 amide bonds. The van der Waals surface area contributed by atoms with Gasteiger partial charge in [0.1, 0.15) is 0 Å². The Hall–Kier alpha value is -1.98. The molecule has 0 saturated heterocycles. The highest BCUT2D eigenvalue weighted by atomic mass is 19.4. The number of carbonyl (C=O) groups excluding carboxylic acids is 1. The van der Waals surface area contributed by atoms with Crippen LogP contribution in [0.25, 0.3) is 5.52 Å². The van der Waals surface area contributed by atoms with Crippen LogP contribution in [0.4, 0.5) is 13.2 Å². The van der Waals surface area contributed by atoms with Gasteiger partial charge in [-0.1, -0.05) is 0 Å². The highest BCUT2D eigenvalue weighted by Gasteiger charge is 2.31. The first-order valence-electron chi connectivity index (χ1n) is 4.69. The Morgan fingerprint density at radius 2 is 2.00 bits per heavy atom. The Labute approximate surface area is 94.4 Å². The average Bonchev–Trinajstić information content (AvgIpc) is 2.70. The van der Waals surface area contributed by atoms with Gasteiger partial charge in [-0.05, 0) is 18.2 Å². The molecule has 0 N–H and O–H groups in total. The second kappa shape index (κ2) is 3.80. The molecule has 0 saturated carbocycles. The summed E-state index contributed by atoms with van der Waals surface area (Å²) in [5.41, 5.74) is -0.186. The van der Waals surface area contributed by atoms with Gasteiger partial charge >= 0.3 is 12.1 Å². The van der Waals surface area contributed by atoms with E-state index in [2.05, 4.69) is 4.74 Å². The molecule has 2 heterocycles. The molecule has 3 nitrogen and oxygen atoms in total. The molecule has 90 valence electrons. The summed E-state index contributed by atoms with van der Waals surface area (Å²) in [6.07, 6.45) is -2.16. The number of alkyl halides is 3. The number of carbonyl (C=O) groups is 1. The number of halogens is 3. The summed E-state index contributed by atoms with van der Waals surface area (Å²) in [5.74, 6) is -0.589. The van der Waals surface area contributed by atoms with Crippen molar-refractivity contribution in [3.8, 4) is 0 Å². The molecule has 0 unspecified atom stereocenters. The monoisotopic (exact) mass is 243 g/mol. The van der Waals surface area contributed by atoms with Crippen LogP contribution >= 0.6 is 0 Å². The zero-order chi connectivity index (χ0) is 12.6. The van der Waals surface area contributed by atoms with Gasteiger partial charge < -0.3 is 9.14 Å². The van der Waals surface area contributed by atoms with Crippen LogP contribution in [-0.2, 0) is 10.9 Å². The van der Waals surface area contributed by atoms with E-state index in [4.69, 9.17) is 0 Å². The number of hydrogen-bond acceptors (Lipinski definition) is 2. The number of rotatable bonds is 1. The van der Waals surface area contributed by atoms with Crippen molar-refractivity contribution in [1.29, 1.82) is 0 Å². The van der Waals surface area contributed by atoms with Gasteiger partial charge in [-0.3, -0.25) is 0 Å². The second-order valence-corrected chi connectivity index (χ2v) is 3.47. The number of aromatic nitrogens is 1. The normalized spacial score (nSPS) is 11.8. The van der Waals surface area contributed by atoms with Gasteiger partial charge in [0, 0.05) is 17.9 Å². The minimum Gasteiger partial charge on any atom is -0.465 e. The minimum atomic E-state index is -4.39. The summed E-state index contributed by atoms with van der Waals surface area (Å²) in [6.45, 7) is 0. The number of pyridine rings is 1. The third kappa shape index (κ3) is 2.11. The number of nitrogens with zero attached hydrogens (tertiary/aromatic N) is 1.